The van der Waals surface area contributed by atoms with Gasteiger partial charge in [0.1, 0.15) is 0 Å². The molecule has 0 saturated carbocycles. The van der Waals surface area contributed by atoms with Gasteiger partial charge < -0.3 is 4.90 Å². The van der Waals surface area contributed by atoms with Crippen LogP contribution in [0, 0.1) is 0 Å². The molecule has 0 spiro atoms. The van der Waals surface area contributed by atoms with Crippen LogP contribution >= 0.6 is 0 Å². The Hall–Kier alpha value is -0.980. The Labute approximate surface area is 68.7 Å². The zero-order chi connectivity index (χ0) is 8.59. The van der Waals surface area contributed by atoms with Gasteiger partial charge in [-0.2, -0.15) is 0 Å². The predicted molar refractivity (Wildman–Crippen MR) is 49.0 cm³/mol. The molecular weight excluding hydrogens is 134 g/mol. The summed E-state index contributed by atoms with van der Waals surface area (Å²) in [6.45, 7) is 12.2. The Morgan fingerprint density at radius 2 is 1.82 bits per heavy atom. The first-order chi connectivity index (χ1) is 5.04. The Morgan fingerprint density at radius 3 is 2.36 bits per heavy atom. The fourth-order valence-corrected chi connectivity index (χ4v) is 1.25. The van der Waals surface area contributed by atoms with Crippen LogP contribution < -0.4 is 0 Å². The zero-order valence-electron chi connectivity index (χ0n) is 7.57. The Balaban J connectivity index is 3.04. The molecule has 1 nitrogen and oxygen atoms in total. The van der Waals surface area contributed by atoms with Crippen LogP contribution in [0.2, 0.25) is 0 Å². The lowest BCUT2D eigenvalue weighted by Crippen LogP contribution is -2.21. The first-order valence-corrected chi connectivity index (χ1v) is 3.81. The summed E-state index contributed by atoms with van der Waals surface area (Å²) in [7, 11) is 2.01. The minimum Gasteiger partial charge on any atom is -0.349 e. The quantitative estimate of drug-likeness (QED) is 0.512. The minimum absolute atomic E-state index is 0.987. The van der Waals surface area contributed by atoms with Gasteiger partial charge in [-0.1, -0.05) is 18.7 Å². The number of nitrogens with zero attached hydrogens (tertiary/aromatic N) is 1. The molecule has 1 rings (SSSR count). The summed E-state index contributed by atoms with van der Waals surface area (Å²) in [6, 6.07) is 0. The van der Waals surface area contributed by atoms with E-state index in [2.05, 4.69) is 31.9 Å². The van der Waals surface area contributed by atoms with Crippen LogP contribution in [0.15, 0.2) is 35.7 Å². The molecular formula is C10H15N. The van der Waals surface area contributed by atoms with Gasteiger partial charge in [-0.05, 0) is 19.4 Å². The molecule has 0 saturated heterocycles. The molecule has 0 atom stereocenters. The summed E-state index contributed by atoms with van der Waals surface area (Å²) in [5.74, 6) is 0. The summed E-state index contributed by atoms with van der Waals surface area (Å²) in [6.07, 6.45) is 0.987. The number of rotatable bonds is 0. The van der Waals surface area contributed by atoms with E-state index in [0.717, 1.165) is 17.8 Å². The van der Waals surface area contributed by atoms with E-state index in [4.69, 9.17) is 0 Å². The number of allylic oxidation sites excluding steroid dienone is 2. The lowest BCUT2D eigenvalue weighted by Gasteiger charge is -2.30. The van der Waals surface area contributed by atoms with Crippen molar-refractivity contribution in [2.45, 2.75) is 20.3 Å². The predicted octanol–water partition coefficient (Wildman–Crippen LogP) is 2.69. The highest BCUT2D eigenvalue weighted by Crippen LogP contribution is 2.29. The summed E-state index contributed by atoms with van der Waals surface area (Å²) in [4.78, 5) is 2.06. The first-order valence-electron chi connectivity index (χ1n) is 3.81. The van der Waals surface area contributed by atoms with Gasteiger partial charge >= 0.3 is 0 Å². The second kappa shape index (κ2) is 2.57. The maximum Gasteiger partial charge on any atom is 0.0361 e. The van der Waals surface area contributed by atoms with Gasteiger partial charge in [-0.3, -0.25) is 0 Å². The number of hydrogen-bond donors (Lipinski definition) is 0. The molecule has 1 heteroatoms. The van der Waals surface area contributed by atoms with E-state index in [9.17, 15) is 0 Å². The first kappa shape index (κ1) is 8.12. The third kappa shape index (κ3) is 1.23. The van der Waals surface area contributed by atoms with Crippen LogP contribution in [-0.4, -0.2) is 11.9 Å². The average molecular weight is 149 g/mol. The largest absolute Gasteiger partial charge is 0.349 e. The van der Waals surface area contributed by atoms with Gasteiger partial charge in [-0.25, -0.2) is 0 Å². The summed E-state index contributed by atoms with van der Waals surface area (Å²) < 4.78 is 0. The molecule has 1 heterocycles. The van der Waals surface area contributed by atoms with Crippen LogP contribution in [0.5, 0.6) is 0 Å². The van der Waals surface area contributed by atoms with Crippen molar-refractivity contribution in [1.29, 1.82) is 0 Å². The molecule has 0 aromatic heterocycles. The van der Waals surface area contributed by atoms with Gasteiger partial charge in [-0.15, -0.1) is 0 Å². The Bertz CT molecular complexity index is 246. The van der Waals surface area contributed by atoms with Crippen molar-refractivity contribution in [2.24, 2.45) is 0 Å². The molecule has 0 aliphatic carbocycles. The second-order valence-corrected chi connectivity index (χ2v) is 3.15. The molecule has 1 aliphatic rings. The van der Waals surface area contributed by atoms with E-state index >= 15 is 0 Å². The molecule has 60 valence electrons. The molecule has 0 radical (unpaired) electrons. The van der Waals surface area contributed by atoms with E-state index in [-0.39, 0.29) is 0 Å². The van der Waals surface area contributed by atoms with Crippen LogP contribution in [0.4, 0.5) is 0 Å². The van der Waals surface area contributed by atoms with Crippen molar-refractivity contribution in [1.82, 2.24) is 4.90 Å². The molecule has 0 aromatic rings. The van der Waals surface area contributed by atoms with Crippen molar-refractivity contribution in [3.05, 3.63) is 35.7 Å². The van der Waals surface area contributed by atoms with Crippen molar-refractivity contribution in [3.8, 4) is 0 Å². The van der Waals surface area contributed by atoms with E-state index in [1.54, 1.807) is 0 Å². The topological polar surface area (TPSA) is 3.24 Å². The fourth-order valence-electron chi connectivity index (χ4n) is 1.25. The smallest absolute Gasteiger partial charge is 0.0361 e. The monoisotopic (exact) mass is 149 g/mol. The highest BCUT2D eigenvalue weighted by Gasteiger charge is 2.15. The van der Waals surface area contributed by atoms with Crippen LogP contribution in [0.1, 0.15) is 20.3 Å². The third-order valence-electron chi connectivity index (χ3n) is 2.42. The Morgan fingerprint density at radius 1 is 1.27 bits per heavy atom. The van der Waals surface area contributed by atoms with Crippen LogP contribution in [-0.2, 0) is 0 Å². The second-order valence-electron chi connectivity index (χ2n) is 3.15. The SMILES string of the molecule is C=C1CC(C)=C(C)C(=C)N1C. The average Bonchev–Trinajstić information content (AvgIpc) is 1.97. The van der Waals surface area contributed by atoms with E-state index in [0.29, 0.717) is 0 Å². The highest BCUT2D eigenvalue weighted by atomic mass is 15.1. The zero-order valence-corrected chi connectivity index (χ0v) is 7.57. The normalized spacial score (nSPS) is 19.7. The number of hydrogen-bond acceptors (Lipinski definition) is 1. The van der Waals surface area contributed by atoms with Crippen molar-refractivity contribution >= 4 is 0 Å². The van der Waals surface area contributed by atoms with Crippen LogP contribution in [0.25, 0.3) is 0 Å². The summed E-state index contributed by atoms with van der Waals surface area (Å²) in [5, 5.41) is 0. The lowest BCUT2D eigenvalue weighted by molar-refractivity contribution is 0.499. The molecule has 1 aliphatic heterocycles. The molecule has 11 heavy (non-hydrogen) atoms. The van der Waals surface area contributed by atoms with E-state index in [1.165, 1.54) is 11.1 Å². The summed E-state index contributed by atoms with van der Waals surface area (Å²) >= 11 is 0. The molecule has 0 N–H and O–H groups in total. The molecule has 0 fully saturated rings. The van der Waals surface area contributed by atoms with Gasteiger partial charge in [0, 0.05) is 24.9 Å². The third-order valence-corrected chi connectivity index (χ3v) is 2.42. The maximum atomic E-state index is 3.98. The Kier molecular flexibility index (Phi) is 1.90. The standard InChI is InChI=1S/C10H15N/c1-7-6-8(2)11(5)10(4)9(7)3/h2,4,6H2,1,3,5H3. The van der Waals surface area contributed by atoms with Gasteiger partial charge in [0.15, 0.2) is 0 Å². The minimum atomic E-state index is 0.987. The maximum absolute atomic E-state index is 3.98. The highest BCUT2D eigenvalue weighted by molar-refractivity contribution is 5.38. The fraction of sp³-hybridized carbons (Fsp3) is 0.400. The lowest BCUT2D eigenvalue weighted by atomic mass is 9.99. The van der Waals surface area contributed by atoms with Gasteiger partial charge in [0.25, 0.3) is 0 Å². The van der Waals surface area contributed by atoms with Gasteiger partial charge in [0.2, 0.25) is 0 Å². The van der Waals surface area contributed by atoms with Crippen molar-refractivity contribution in [2.75, 3.05) is 7.05 Å². The van der Waals surface area contributed by atoms with Crippen LogP contribution in [0.3, 0.4) is 0 Å². The van der Waals surface area contributed by atoms with Crippen molar-refractivity contribution in [3.63, 3.8) is 0 Å². The molecule has 0 amide bonds. The molecule has 0 bridgehead atoms. The van der Waals surface area contributed by atoms with Gasteiger partial charge in [0.05, 0.1) is 0 Å². The molecule has 0 unspecified atom stereocenters. The number of likely N-dealkylation sites (N-methyl/N-ethyl adjacent to an activating group) is 1. The van der Waals surface area contributed by atoms with E-state index < -0.39 is 0 Å². The van der Waals surface area contributed by atoms with E-state index in [1.807, 2.05) is 7.05 Å². The van der Waals surface area contributed by atoms with Crippen molar-refractivity contribution < 1.29 is 0 Å². The molecule has 0 aromatic carbocycles. The summed E-state index contributed by atoms with van der Waals surface area (Å²) in [5.41, 5.74) is 4.91.